The van der Waals surface area contributed by atoms with Gasteiger partial charge in [-0.25, -0.2) is 9.97 Å². The number of rotatable bonds is 5. The van der Waals surface area contributed by atoms with Crippen molar-refractivity contribution in [2.24, 2.45) is 0 Å². The van der Waals surface area contributed by atoms with E-state index in [1.54, 1.807) is 0 Å². The molecule has 5 rings (SSSR count). The number of carbonyl (C=O) groups is 1. The second-order valence-electron chi connectivity index (χ2n) is 9.11. The second-order valence-corrected chi connectivity index (χ2v) is 10.0. The van der Waals surface area contributed by atoms with Gasteiger partial charge in [0.25, 0.3) is 5.91 Å². The van der Waals surface area contributed by atoms with Gasteiger partial charge in [-0.1, -0.05) is 82.7 Å². The van der Waals surface area contributed by atoms with Gasteiger partial charge in [-0.05, 0) is 37.1 Å². The van der Waals surface area contributed by atoms with Crippen LogP contribution in [0.25, 0.3) is 11.4 Å². The molecular weight excluding hydrogens is 512 g/mol. The Morgan fingerprint density at radius 1 is 0.861 bits per heavy atom. The topological polar surface area (TPSA) is 49.3 Å². The summed E-state index contributed by atoms with van der Waals surface area (Å²) in [5.41, 5.74) is 5.10. The van der Waals surface area contributed by atoms with Gasteiger partial charge in [-0.2, -0.15) is 0 Å². The van der Waals surface area contributed by atoms with Crippen molar-refractivity contribution in [3.8, 4) is 11.4 Å². The zero-order valence-electron chi connectivity index (χ0n) is 20.4. The number of aryl methyl sites for hydroxylation is 1. The van der Waals surface area contributed by atoms with Crippen LogP contribution in [-0.4, -0.2) is 47.0 Å². The van der Waals surface area contributed by atoms with Crippen molar-refractivity contribution in [2.75, 3.05) is 31.1 Å². The average molecular weight is 541 g/mol. The van der Waals surface area contributed by atoms with Crippen LogP contribution < -0.4 is 4.90 Å². The lowest BCUT2D eigenvalue weighted by atomic mass is 10.0. The van der Waals surface area contributed by atoms with E-state index in [1.165, 1.54) is 5.56 Å². The van der Waals surface area contributed by atoms with E-state index >= 15 is 0 Å². The highest BCUT2D eigenvalue weighted by Crippen LogP contribution is 2.28. The summed E-state index contributed by atoms with van der Waals surface area (Å²) in [5.74, 6) is 1.79. The molecule has 0 atom stereocenters. The van der Waals surface area contributed by atoms with E-state index in [1.807, 2.05) is 53.4 Å². The normalized spacial score (nSPS) is 13.9. The third-order valence-electron chi connectivity index (χ3n) is 6.60. The largest absolute Gasteiger partial charge is 0.354 e. The van der Waals surface area contributed by atoms with Gasteiger partial charge in [0.2, 0.25) is 0 Å². The van der Waals surface area contributed by atoms with Gasteiger partial charge in [-0.3, -0.25) is 4.79 Å². The van der Waals surface area contributed by atoms with E-state index in [9.17, 15) is 4.79 Å². The Kier molecular flexibility index (Phi) is 7.42. The molecule has 1 aromatic heterocycles. The summed E-state index contributed by atoms with van der Waals surface area (Å²) in [7, 11) is 0. The Balaban J connectivity index is 1.46. The second kappa shape index (κ2) is 11.0. The summed E-state index contributed by atoms with van der Waals surface area (Å²) < 4.78 is 0.917. The number of benzene rings is 3. The van der Waals surface area contributed by atoms with Gasteiger partial charge < -0.3 is 9.80 Å². The van der Waals surface area contributed by atoms with Crippen LogP contribution in [0, 0.1) is 6.92 Å². The van der Waals surface area contributed by atoms with Gasteiger partial charge in [0.15, 0.2) is 5.82 Å². The molecule has 6 heteroatoms. The fraction of sp³-hybridized carbons (Fsp3) is 0.233. The van der Waals surface area contributed by atoms with Crippen molar-refractivity contribution in [3.05, 3.63) is 112 Å². The minimum atomic E-state index is 0.0755. The fourth-order valence-corrected chi connectivity index (χ4v) is 5.10. The van der Waals surface area contributed by atoms with E-state index in [0.29, 0.717) is 12.1 Å². The van der Waals surface area contributed by atoms with Gasteiger partial charge in [0, 0.05) is 59.5 Å². The maximum Gasteiger partial charge on any atom is 0.253 e. The summed E-state index contributed by atoms with van der Waals surface area (Å²) in [6.07, 6.45) is 1.66. The lowest BCUT2D eigenvalue weighted by Crippen LogP contribution is -2.35. The maximum absolute atomic E-state index is 13.2. The highest BCUT2D eigenvalue weighted by Gasteiger charge is 2.24. The Hall–Kier alpha value is -3.51. The minimum absolute atomic E-state index is 0.0755. The SMILES string of the molecule is Cc1nc(-c2ccccc2)nc(N2CCCN(C(=O)c3cccc(Br)c3)CC2)c1Cc1ccccc1. The lowest BCUT2D eigenvalue weighted by molar-refractivity contribution is 0.0767. The molecule has 36 heavy (non-hydrogen) atoms. The molecule has 0 unspecified atom stereocenters. The molecule has 0 aliphatic carbocycles. The molecule has 3 aromatic carbocycles. The first kappa shape index (κ1) is 24.2. The first-order valence-corrected chi connectivity index (χ1v) is 13.1. The molecule has 1 aliphatic heterocycles. The Bertz CT molecular complexity index is 1340. The average Bonchev–Trinajstić information content (AvgIpc) is 3.17. The van der Waals surface area contributed by atoms with E-state index in [2.05, 4.69) is 64.2 Å². The minimum Gasteiger partial charge on any atom is -0.354 e. The number of hydrogen-bond acceptors (Lipinski definition) is 4. The molecule has 0 saturated carbocycles. The van der Waals surface area contributed by atoms with Crippen LogP contribution in [-0.2, 0) is 6.42 Å². The number of nitrogens with zero attached hydrogens (tertiary/aromatic N) is 4. The van der Waals surface area contributed by atoms with Crippen LogP contribution in [0.15, 0.2) is 89.4 Å². The Morgan fingerprint density at radius 3 is 2.36 bits per heavy atom. The summed E-state index contributed by atoms with van der Waals surface area (Å²) in [6, 6.07) is 28.2. The van der Waals surface area contributed by atoms with Crippen LogP contribution in [0.3, 0.4) is 0 Å². The first-order valence-electron chi connectivity index (χ1n) is 12.3. The van der Waals surface area contributed by atoms with Gasteiger partial charge >= 0.3 is 0 Å². The summed E-state index contributed by atoms with van der Waals surface area (Å²) >= 11 is 3.48. The van der Waals surface area contributed by atoms with E-state index in [0.717, 1.165) is 65.4 Å². The van der Waals surface area contributed by atoms with E-state index in [-0.39, 0.29) is 5.91 Å². The quantitative estimate of drug-likeness (QED) is 0.304. The molecule has 182 valence electrons. The molecule has 1 fully saturated rings. The smallest absolute Gasteiger partial charge is 0.253 e. The van der Waals surface area contributed by atoms with Crippen molar-refractivity contribution in [3.63, 3.8) is 0 Å². The standard InChI is InChI=1S/C30H29BrN4O/c1-22-27(20-23-10-4-2-5-11-23)29(33-28(32-22)24-12-6-3-7-13-24)34-16-9-17-35(19-18-34)30(36)25-14-8-15-26(31)21-25/h2-8,10-15,21H,9,16-20H2,1H3. The van der Waals surface area contributed by atoms with Crippen molar-refractivity contribution >= 4 is 27.7 Å². The molecule has 1 aliphatic rings. The fourth-order valence-electron chi connectivity index (χ4n) is 4.70. The van der Waals surface area contributed by atoms with Gasteiger partial charge in [0.05, 0.1) is 0 Å². The summed E-state index contributed by atoms with van der Waals surface area (Å²) in [6.45, 7) is 5.03. The Labute approximate surface area is 221 Å². The predicted molar refractivity (Wildman–Crippen MR) is 148 cm³/mol. The number of anilines is 1. The molecule has 1 amide bonds. The molecule has 0 spiro atoms. The van der Waals surface area contributed by atoms with Crippen molar-refractivity contribution in [2.45, 2.75) is 19.8 Å². The van der Waals surface area contributed by atoms with Crippen LogP contribution in [0.4, 0.5) is 5.82 Å². The molecule has 0 N–H and O–H groups in total. The number of halogens is 1. The van der Waals surface area contributed by atoms with E-state index < -0.39 is 0 Å². The van der Waals surface area contributed by atoms with Crippen molar-refractivity contribution in [1.82, 2.24) is 14.9 Å². The molecule has 4 aromatic rings. The predicted octanol–water partition coefficient (Wildman–Crippen LogP) is 6.16. The van der Waals surface area contributed by atoms with Crippen LogP contribution >= 0.6 is 15.9 Å². The highest BCUT2D eigenvalue weighted by molar-refractivity contribution is 9.10. The molecule has 2 heterocycles. The van der Waals surface area contributed by atoms with Gasteiger partial charge in [-0.15, -0.1) is 0 Å². The molecular formula is C30H29BrN4O. The molecule has 5 nitrogen and oxygen atoms in total. The third-order valence-corrected chi connectivity index (χ3v) is 7.10. The third kappa shape index (κ3) is 5.49. The number of carbonyl (C=O) groups excluding carboxylic acids is 1. The van der Waals surface area contributed by atoms with E-state index in [4.69, 9.17) is 9.97 Å². The molecule has 0 radical (unpaired) electrons. The number of hydrogen-bond donors (Lipinski definition) is 0. The van der Waals surface area contributed by atoms with Crippen LogP contribution in [0.1, 0.15) is 33.6 Å². The monoisotopic (exact) mass is 540 g/mol. The van der Waals surface area contributed by atoms with Crippen LogP contribution in [0.2, 0.25) is 0 Å². The lowest BCUT2D eigenvalue weighted by Gasteiger charge is -2.26. The number of amides is 1. The zero-order chi connectivity index (χ0) is 24.9. The summed E-state index contributed by atoms with van der Waals surface area (Å²) in [5, 5.41) is 0. The summed E-state index contributed by atoms with van der Waals surface area (Å²) in [4.78, 5) is 27.5. The van der Waals surface area contributed by atoms with Crippen molar-refractivity contribution in [1.29, 1.82) is 0 Å². The maximum atomic E-state index is 13.2. The Morgan fingerprint density at radius 2 is 1.61 bits per heavy atom. The van der Waals surface area contributed by atoms with Gasteiger partial charge in [0.1, 0.15) is 5.82 Å². The zero-order valence-corrected chi connectivity index (χ0v) is 22.0. The molecule has 0 bridgehead atoms. The first-order chi connectivity index (χ1) is 17.6. The number of aromatic nitrogens is 2. The van der Waals surface area contributed by atoms with Crippen LogP contribution in [0.5, 0.6) is 0 Å². The highest BCUT2D eigenvalue weighted by atomic mass is 79.9. The molecule has 1 saturated heterocycles. The van der Waals surface area contributed by atoms with Crippen molar-refractivity contribution < 1.29 is 4.79 Å².